The summed E-state index contributed by atoms with van der Waals surface area (Å²) in [7, 11) is 3.75. The second kappa shape index (κ2) is 9.00. The maximum absolute atomic E-state index is 12.5. The van der Waals surface area contributed by atoms with Gasteiger partial charge in [0.1, 0.15) is 5.75 Å². The molecule has 3 rings (SSSR count). The topological polar surface area (TPSA) is 49.3 Å². The minimum Gasteiger partial charge on any atom is -0.507 e. The van der Waals surface area contributed by atoms with E-state index in [0.29, 0.717) is 17.2 Å². The number of carbonyl (C=O) groups is 1. The Morgan fingerprint density at radius 3 is 2.46 bits per heavy atom. The first kappa shape index (κ1) is 18.7. The number of hydrogen-bond acceptors (Lipinski definition) is 4. The molecule has 24 heavy (non-hydrogen) atoms. The molecule has 3 nitrogen and oxygen atoms in total. The molecule has 0 spiro atoms. The lowest BCUT2D eigenvalue weighted by Crippen LogP contribution is -2.08. The molecule has 2 N–H and O–H groups in total. The van der Waals surface area contributed by atoms with Crippen LogP contribution in [0.1, 0.15) is 64.4 Å². The lowest BCUT2D eigenvalue weighted by atomic mass is 9.82. The van der Waals surface area contributed by atoms with Crippen molar-refractivity contribution in [2.45, 2.75) is 44.9 Å². The van der Waals surface area contributed by atoms with Crippen LogP contribution in [0.2, 0.25) is 0 Å². The molecule has 0 unspecified atom stereocenters. The second-order valence-electron chi connectivity index (χ2n) is 6.37. The molecule has 1 aliphatic rings. The fraction of sp³-hybridized carbons (Fsp3) is 0.450. The number of aryl methyl sites for hydroxylation is 1. The van der Waals surface area contributed by atoms with Crippen molar-refractivity contribution in [1.82, 2.24) is 5.32 Å². The van der Waals surface area contributed by atoms with E-state index in [1.807, 2.05) is 50.7 Å². The number of thiophene rings is 1. The molecular formula is C20H27NO2S. The summed E-state index contributed by atoms with van der Waals surface area (Å²) in [5, 5.41) is 15.0. The van der Waals surface area contributed by atoms with Crippen molar-refractivity contribution in [1.29, 1.82) is 0 Å². The molecule has 0 bridgehead atoms. The van der Waals surface area contributed by atoms with Gasteiger partial charge >= 0.3 is 0 Å². The summed E-state index contributed by atoms with van der Waals surface area (Å²) in [6.07, 6.45) is 5.94. The van der Waals surface area contributed by atoms with Crippen molar-refractivity contribution < 1.29 is 9.90 Å². The van der Waals surface area contributed by atoms with E-state index in [0.717, 1.165) is 28.8 Å². The molecule has 0 radical (unpaired) electrons. The minimum atomic E-state index is 0.0603. The maximum Gasteiger partial charge on any atom is 0.202 e. The number of rotatable bonds is 3. The van der Waals surface area contributed by atoms with Crippen LogP contribution in [0, 0.1) is 6.92 Å². The van der Waals surface area contributed by atoms with Crippen LogP contribution in [0.25, 0.3) is 0 Å². The Bertz CT molecular complexity index is 659. The van der Waals surface area contributed by atoms with Gasteiger partial charge in [0.25, 0.3) is 0 Å². The number of phenols is 1. The van der Waals surface area contributed by atoms with Crippen molar-refractivity contribution in [2.24, 2.45) is 0 Å². The Hall–Kier alpha value is -1.65. The third-order valence-corrected chi connectivity index (χ3v) is 5.25. The molecule has 0 atom stereocenters. The van der Waals surface area contributed by atoms with Crippen molar-refractivity contribution in [3.63, 3.8) is 0 Å². The van der Waals surface area contributed by atoms with Crippen LogP contribution in [0.4, 0.5) is 0 Å². The van der Waals surface area contributed by atoms with Crippen LogP contribution in [-0.2, 0) is 0 Å². The Labute approximate surface area is 148 Å². The zero-order valence-electron chi connectivity index (χ0n) is 14.8. The van der Waals surface area contributed by atoms with Gasteiger partial charge in [0.15, 0.2) is 0 Å². The lowest BCUT2D eigenvalue weighted by Gasteiger charge is -2.24. The Balaban J connectivity index is 0.000000647. The van der Waals surface area contributed by atoms with Crippen LogP contribution >= 0.6 is 11.3 Å². The molecule has 0 aliphatic heterocycles. The highest BCUT2D eigenvalue weighted by Gasteiger charge is 2.22. The molecular weight excluding hydrogens is 318 g/mol. The average molecular weight is 346 g/mol. The van der Waals surface area contributed by atoms with Gasteiger partial charge in [0, 0.05) is 5.56 Å². The van der Waals surface area contributed by atoms with Gasteiger partial charge in [-0.15, -0.1) is 11.3 Å². The third-order valence-electron chi connectivity index (χ3n) is 4.38. The first-order valence-corrected chi connectivity index (χ1v) is 9.46. The van der Waals surface area contributed by atoms with E-state index in [1.54, 1.807) is 0 Å². The van der Waals surface area contributed by atoms with E-state index < -0.39 is 0 Å². The van der Waals surface area contributed by atoms with Gasteiger partial charge in [-0.1, -0.05) is 25.3 Å². The monoisotopic (exact) mass is 345 g/mol. The summed E-state index contributed by atoms with van der Waals surface area (Å²) in [5.74, 6) is 0.836. The highest BCUT2D eigenvalue weighted by molar-refractivity contribution is 7.12. The van der Waals surface area contributed by atoms with E-state index in [-0.39, 0.29) is 5.78 Å². The molecule has 0 amide bonds. The summed E-state index contributed by atoms with van der Waals surface area (Å²) < 4.78 is 0. The van der Waals surface area contributed by atoms with Gasteiger partial charge in [-0.3, -0.25) is 4.79 Å². The van der Waals surface area contributed by atoms with Gasteiger partial charge in [0.2, 0.25) is 5.78 Å². The molecule has 1 aromatic heterocycles. The number of benzene rings is 1. The van der Waals surface area contributed by atoms with Gasteiger partial charge in [-0.25, -0.2) is 0 Å². The van der Waals surface area contributed by atoms with Gasteiger partial charge in [-0.05, 0) is 74.5 Å². The highest BCUT2D eigenvalue weighted by Crippen LogP contribution is 2.39. The molecule has 0 saturated heterocycles. The molecule has 1 aromatic carbocycles. The fourth-order valence-corrected chi connectivity index (χ4v) is 3.90. The quantitative estimate of drug-likeness (QED) is 0.780. The molecule has 2 aromatic rings. The van der Waals surface area contributed by atoms with Gasteiger partial charge < -0.3 is 10.4 Å². The zero-order chi connectivity index (χ0) is 17.5. The van der Waals surface area contributed by atoms with Crippen LogP contribution in [0.15, 0.2) is 29.6 Å². The van der Waals surface area contributed by atoms with Crippen molar-refractivity contribution in [2.75, 3.05) is 14.1 Å². The van der Waals surface area contributed by atoms with E-state index >= 15 is 0 Å². The predicted octanol–water partition coefficient (Wildman–Crippen LogP) is 4.88. The van der Waals surface area contributed by atoms with Crippen molar-refractivity contribution in [3.8, 4) is 5.75 Å². The lowest BCUT2D eigenvalue weighted by molar-refractivity contribution is 0.104. The van der Waals surface area contributed by atoms with E-state index in [1.165, 1.54) is 30.6 Å². The largest absolute Gasteiger partial charge is 0.507 e. The molecule has 130 valence electrons. The Morgan fingerprint density at radius 1 is 1.21 bits per heavy atom. The second-order valence-corrected chi connectivity index (χ2v) is 7.32. The number of ketones is 1. The molecule has 1 saturated carbocycles. The van der Waals surface area contributed by atoms with Crippen LogP contribution in [-0.4, -0.2) is 25.0 Å². The van der Waals surface area contributed by atoms with Crippen LogP contribution < -0.4 is 5.32 Å². The van der Waals surface area contributed by atoms with E-state index in [2.05, 4.69) is 5.32 Å². The number of aromatic hydroxyl groups is 1. The van der Waals surface area contributed by atoms with Crippen LogP contribution in [0.3, 0.4) is 0 Å². The molecule has 1 fully saturated rings. The smallest absolute Gasteiger partial charge is 0.202 e. The number of carbonyl (C=O) groups excluding carboxylic acids is 1. The third kappa shape index (κ3) is 4.46. The summed E-state index contributed by atoms with van der Waals surface area (Å²) in [5.41, 5.74) is 2.47. The maximum atomic E-state index is 12.5. The average Bonchev–Trinajstić information content (AvgIpc) is 3.12. The Morgan fingerprint density at radius 2 is 1.88 bits per heavy atom. The van der Waals surface area contributed by atoms with Crippen molar-refractivity contribution >= 4 is 17.1 Å². The normalized spacial score (nSPS) is 14.8. The zero-order valence-corrected chi connectivity index (χ0v) is 15.6. The molecule has 1 aliphatic carbocycles. The molecule has 1 heterocycles. The first-order valence-electron chi connectivity index (χ1n) is 8.58. The molecule has 4 heteroatoms. The number of nitrogens with one attached hydrogen (secondary N) is 1. The standard InChI is InChI=1S/C18H20O2S.C2H7N/c1-12-10-14(18(20)16-8-5-9-21-16)11-15(17(12)19)13-6-3-2-4-7-13;1-3-2/h5,8-11,13,19H,2-4,6-7H2,1H3;3H,1-2H3. The van der Waals surface area contributed by atoms with E-state index in [9.17, 15) is 9.90 Å². The number of phenolic OH excluding ortho intramolecular Hbond substituents is 1. The van der Waals surface area contributed by atoms with E-state index in [4.69, 9.17) is 0 Å². The minimum absolute atomic E-state index is 0.0603. The summed E-state index contributed by atoms with van der Waals surface area (Å²) in [6, 6.07) is 7.48. The van der Waals surface area contributed by atoms with Gasteiger partial charge in [-0.2, -0.15) is 0 Å². The van der Waals surface area contributed by atoms with Crippen molar-refractivity contribution in [3.05, 3.63) is 51.2 Å². The number of hydrogen-bond donors (Lipinski definition) is 2. The summed E-state index contributed by atoms with van der Waals surface area (Å²) in [4.78, 5) is 13.3. The summed E-state index contributed by atoms with van der Waals surface area (Å²) in [6.45, 7) is 1.88. The highest BCUT2D eigenvalue weighted by atomic mass is 32.1. The predicted molar refractivity (Wildman–Crippen MR) is 101 cm³/mol. The Kier molecular flexibility index (Phi) is 7.00. The summed E-state index contributed by atoms with van der Waals surface area (Å²) >= 11 is 1.47. The first-order chi connectivity index (χ1) is 11.6. The van der Waals surface area contributed by atoms with Crippen LogP contribution in [0.5, 0.6) is 5.75 Å². The SMILES string of the molecule is CNC.Cc1cc(C(=O)c2cccs2)cc(C2CCCCC2)c1O. The fourth-order valence-electron chi connectivity index (χ4n) is 3.21. The van der Waals surface area contributed by atoms with Gasteiger partial charge in [0.05, 0.1) is 4.88 Å².